The Morgan fingerprint density at radius 3 is 3.10 bits per heavy atom. The van der Waals surface area contributed by atoms with Gasteiger partial charge in [-0.3, -0.25) is 9.69 Å². The van der Waals surface area contributed by atoms with Crippen LogP contribution in [0.5, 0.6) is 0 Å². The predicted molar refractivity (Wildman–Crippen MR) is 72.6 cm³/mol. The van der Waals surface area contributed by atoms with E-state index in [1.165, 1.54) is 16.4 Å². The normalized spacial score (nSPS) is 20.4. The Hall–Kier alpha value is -1.19. The fourth-order valence-electron chi connectivity index (χ4n) is 2.01. The van der Waals surface area contributed by atoms with Gasteiger partial charge in [0.2, 0.25) is 5.16 Å². The maximum Gasteiger partial charge on any atom is 0.325 e. The number of carboxylic acid groups (broad SMARTS) is 1. The third-order valence-corrected chi connectivity index (χ3v) is 4.17. The number of hydrogen-bond acceptors (Lipinski definition) is 7. The van der Waals surface area contributed by atoms with Crippen LogP contribution < -0.4 is 0 Å². The van der Waals surface area contributed by atoms with Crippen LogP contribution in [0.25, 0.3) is 0 Å². The maximum absolute atomic E-state index is 10.7. The van der Waals surface area contributed by atoms with E-state index in [1.54, 1.807) is 0 Å². The van der Waals surface area contributed by atoms with Crippen molar-refractivity contribution in [2.75, 3.05) is 25.4 Å². The zero-order valence-electron chi connectivity index (χ0n) is 11.6. The molecular weight excluding hydrogens is 282 g/mol. The zero-order chi connectivity index (χ0) is 14.5. The van der Waals surface area contributed by atoms with Crippen LogP contribution in [-0.4, -0.2) is 73.8 Å². The van der Waals surface area contributed by atoms with Crippen molar-refractivity contribution >= 4 is 17.7 Å². The number of tetrazole rings is 1. The fourth-order valence-corrected chi connectivity index (χ4v) is 2.89. The summed E-state index contributed by atoms with van der Waals surface area (Å²) in [6, 6.07) is 0.503. The second kappa shape index (κ2) is 7.00. The van der Waals surface area contributed by atoms with Gasteiger partial charge in [-0.15, -0.1) is 5.10 Å². The van der Waals surface area contributed by atoms with Gasteiger partial charge in [0, 0.05) is 24.9 Å². The highest BCUT2D eigenvalue weighted by Gasteiger charge is 2.23. The van der Waals surface area contributed by atoms with Crippen molar-refractivity contribution in [3.63, 3.8) is 0 Å². The average Bonchev–Trinajstić information content (AvgIpc) is 2.83. The second-order valence-electron chi connectivity index (χ2n) is 4.91. The van der Waals surface area contributed by atoms with Gasteiger partial charge in [0.05, 0.1) is 12.7 Å². The van der Waals surface area contributed by atoms with Crippen molar-refractivity contribution in [3.05, 3.63) is 0 Å². The molecule has 2 rings (SSSR count). The molecule has 1 aliphatic heterocycles. The van der Waals surface area contributed by atoms with Gasteiger partial charge in [-0.05, 0) is 24.3 Å². The molecule has 0 radical (unpaired) electrons. The first-order valence-corrected chi connectivity index (χ1v) is 7.51. The van der Waals surface area contributed by atoms with Crippen molar-refractivity contribution in [2.45, 2.75) is 37.7 Å². The molecule has 0 saturated carbocycles. The van der Waals surface area contributed by atoms with Crippen LogP contribution >= 0.6 is 11.8 Å². The molecule has 1 saturated heterocycles. The minimum Gasteiger partial charge on any atom is -0.480 e. The number of carboxylic acids is 1. The third kappa shape index (κ3) is 4.15. The Morgan fingerprint density at radius 1 is 1.60 bits per heavy atom. The number of aromatic nitrogens is 4. The first kappa shape index (κ1) is 15.2. The van der Waals surface area contributed by atoms with Crippen LogP contribution in [0.3, 0.4) is 0 Å². The molecule has 0 aromatic carbocycles. The van der Waals surface area contributed by atoms with Gasteiger partial charge in [-0.25, -0.2) is 4.68 Å². The lowest BCUT2D eigenvalue weighted by Crippen LogP contribution is -2.46. The van der Waals surface area contributed by atoms with Crippen molar-refractivity contribution in [1.29, 1.82) is 0 Å². The molecule has 2 heterocycles. The molecule has 8 nitrogen and oxygen atoms in total. The number of thioether (sulfide) groups is 1. The minimum absolute atomic E-state index is 0.117. The van der Waals surface area contributed by atoms with E-state index in [-0.39, 0.29) is 12.6 Å². The number of ether oxygens (including phenoxy) is 1. The van der Waals surface area contributed by atoms with E-state index in [4.69, 9.17) is 9.84 Å². The number of hydrogen-bond donors (Lipinski definition) is 1. The molecular formula is C11H19N5O3S. The van der Waals surface area contributed by atoms with Crippen molar-refractivity contribution in [2.24, 2.45) is 0 Å². The van der Waals surface area contributed by atoms with E-state index >= 15 is 0 Å². The summed E-state index contributed by atoms with van der Waals surface area (Å²) in [5.41, 5.74) is 0. The molecule has 0 spiro atoms. The van der Waals surface area contributed by atoms with Crippen LogP contribution in [0.4, 0.5) is 0 Å². The fraction of sp³-hybridized carbons (Fsp3) is 0.818. The Balaban J connectivity index is 1.86. The van der Waals surface area contributed by atoms with E-state index in [0.717, 1.165) is 19.7 Å². The maximum atomic E-state index is 10.7. The van der Waals surface area contributed by atoms with Crippen LogP contribution in [0.2, 0.25) is 0 Å². The summed E-state index contributed by atoms with van der Waals surface area (Å²) in [5.74, 6) is -0.248. The van der Waals surface area contributed by atoms with Gasteiger partial charge < -0.3 is 9.84 Å². The van der Waals surface area contributed by atoms with Gasteiger partial charge in [0.25, 0.3) is 0 Å². The van der Waals surface area contributed by atoms with Crippen molar-refractivity contribution in [3.8, 4) is 0 Å². The Labute approximate surface area is 121 Å². The molecule has 1 N–H and O–H groups in total. The largest absolute Gasteiger partial charge is 0.480 e. The SMILES string of the molecule is CC(C)N1CCOC(CSc2nnnn2CC(=O)O)C1. The van der Waals surface area contributed by atoms with E-state index in [1.807, 2.05) is 0 Å². The van der Waals surface area contributed by atoms with Gasteiger partial charge in [-0.1, -0.05) is 11.8 Å². The van der Waals surface area contributed by atoms with E-state index in [2.05, 4.69) is 34.3 Å². The number of morpholine rings is 1. The molecule has 0 aliphatic carbocycles. The van der Waals surface area contributed by atoms with Crippen LogP contribution in [-0.2, 0) is 16.1 Å². The van der Waals surface area contributed by atoms with E-state index < -0.39 is 5.97 Å². The molecule has 0 amide bonds. The topological polar surface area (TPSA) is 93.4 Å². The molecule has 1 unspecified atom stereocenters. The minimum atomic E-state index is -0.959. The molecule has 112 valence electrons. The number of aliphatic carboxylic acids is 1. The first-order valence-electron chi connectivity index (χ1n) is 6.52. The number of carbonyl (C=O) groups is 1. The standard InChI is InChI=1S/C11H19N5O3S/c1-8(2)15-3-4-19-9(5-15)7-20-11-12-13-14-16(11)6-10(17)18/h8-9H,3-7H2,1-2H3,(H,17,18). The second-order valence-corrected chi connectivity index (χ2v) is 5.89. The summed E-state index contributed by atoms with van der Waals surface area (Å²) in [4.78, 5) is 13.1. The van der Waals surface area contributed by atoms with Crippen molar-refractivity contribution < 1.29 is 14.6 Å². The molecule has 1 aromatic heterocycles. The smallest absolute Gasteiger partial charge is 0.325 e. The Morgan fingerprint density at radius 2 is 2.40 bits per heavy atom. The zero-order valence-corrected chi connectivity index (χ0v) is 12.4. The Kier molecular flexibility index (Phi) is 5.32. The first-order chi connectivity index (χ1) is 9.56. The van der Waals surface area contributed by atoms with Crippen LogP contribution in [0, 0.1) is 0 Å². The monoisotopic (exact) mass is 301 g/mol. The predicted octanol–water partition coefficient (Wildman–Crippen LogP) is -0.0410. The molecule has 1 aromatic rings. The summed E-state index contributed by atoms with van der Waals surface area (Å²) >= 11 is 1.43. The molecule has 9 heteroatoms. The third-order valence-electron chi connectivity index (χ3n) is 3.08. The summed E-state index contributed by atoms with van der Waals surface area (Å²) < 4.78 is 7.01. The van der Waals surface area contributed by atoms with Crippen LogP contribution in [0.1, 0.15) is 13.8 Å². The summed E-state index contributed by atoms with van der Waals surface area (Å²) in [6.07, 6.45) is 0.117. The average molecular weight is 301 g/mol. The quantitative estimate of drug-likeness (QED) is 0.732. The number of nitrogens with zero attached hydrogens (tertiary/aromatic N) is 5. The number of rotatable bonds is 6. The van der Waals surface area contributed by atoms with Crippen LogP contribution in [0.15, 0.2) is 5.16 Å². The van der Waals surface area contributed by atoms with Gasteiger partial charge in [0.1, 0.15) is 6.54 Å². The molecule has 1 fully saturated rings. The van der Waals surface area contributed by atoms with E-state index in [0.29, 0.717) is 17.0 Å². The van der Waals surface area contributed by atoms with Crippen molar-refractivity contribution in [1.82, 2.24) is 25.1 Å². The highest BCUT2D eigenvalue weighted by atomic mass is 32.2. The highest BCUT2D eigenvalue weighted by molar-refractivity contribution is 7.99. The highest BCUT2D eigenvalue weighted by Crippen LogP contribution is 2.19. The lowest BCUT2D eigenvalue weighted by molar-refractivity contribution is -0.138. The molecule has 20 heavy (non-hydrogen) atoms. The van der Waals surface area contributed by atoms with Gasteiger partial charge >= 0.3 is 5.97 Å². The van der Waals surface area contributed by atoms with Gasteiger partial charge in [0.15, 0.2) is 0 Å². The molecule has 1 atom stereocenters. The van der Waals surface area contributed by atoms with E-state index in [9.17, 15) is 4.79 Å². The lowest BCUT2D eigenvalue weighted by atomic mass is 10.2. The summed E-state index contributed by atoms with van der Waals surface area (Å²) in [6.45, 7) is 6.68. The summed E-state index contributed by atoms with van der Waals surface area (Å²) in [5, 5.41) is 20.3. The molecule has 0 bridgehead atoms. The Bertz CT molecular complexity index is 453. The molecule has 1 aliphatic rings. The van der Waals surface area contributed by atoms with Gasteiger partial charge in [-0.2, -0.15) is 0 Å². The lowest BCUT2D eigenvalue weighted by Gasteiger charge is -2.35. The summed E-state index contributed by atoms with van der Waals surface area (Å²) in [7, 11) is 0.